The highest BCUT2D eigenvalue weighted by Crippen LogP contribution is 2.39. The number of nitrogens with two attached hydrogens (primary N) is 1. The summed E-state index contributed by atoms with van der Waals surface area (Å²) in [4.78, 5) is 15.0. The molecule has 2 heterocycles. The minimum Gasteiger partial charge on any atom is -0.493 e. The van der Waals surface area contributed by atoms with Crippen LogP contribution in [0.15, 0.2) is 18.2 Å². The van der Waals surface area contributed by atoms with Gasteiger partial charge in [-0.1, -0.05) is 0 Å². The zero-order chi connectivity index (χ0) is 17.7. The Bertz CT molecular complexity index is 594. The number of benzene rings is 1. The molecule has 0 aromatic heterocycles. The van der Waals surface area contributed by atoms with Gasteiger partial charge in [0.05, 0.1) is 7.11 Å². The molecule has 2 N–H and O–H groups in total. The molecule has 0 unspecified atom stereocenters. The number of piperidine rings is 1. The van der Waals surface area contributed by atoms with Crippen molar-refractivity contribution in [2.45, 2.75) is 25.7 Å². The number of carbonyl (C=O) groups excluding carboxylic acids is 1. The van der Waals surface area contributed by atoms with E-state index >= 15 is 0 Å². The predicted octanol–water partition coefficient (Wildman–Crippen LogP) is 2.07. The van der Waals surface area contributed by atoms with Gasteiger partial charge in [0, 0.05) is 38.4 Å². The Labute approximate surface area is 149 Å². The van der Waals surface area contributed by atoms with Gasteiger partial charge in [-0.15, -0.1) is 0 Å². The molecule has 2 saturated heterocycles. The van der Waals surface area contributed by atoms with Crippen molar-refractivity contribution in [1.29, 1.82) is 0 Å². The average molecular weight is 348 g/mol. The second kappa shape index (κ2) is 8.06. The number of hydrogen-bond donors (Lipinski definition) is 1. The van der Waals surface area contributed by atoms with Crippen LogP contribution >= 0.6 is 0 Å². The fourth-order valence-corrected chi connectivity index (χ4v) is 3.87. The molecule has 2 aliphatic rings. The molecule has 6 heteroatoms. The first-order valence-electron chi connectivity index (χ1n) is 9.05. The summed E-state index contributed by atoms with van der Waals surface area (Å²) in [7, 11) is 1.58. The zero-order valence-electron chi connectivity index (χ0n) is 15.0. The lowest BCUT2D eigenvalue weighted by atomic mass is 9.74. The van der Waals surface area contributed by atoms with Crippen molar-refractivity contribution in [3.63, 3.8) is 0 Å². The molecule has 1 spiro atoms. The Hall–Kier alpha value is -1.79. The summed E-state index contributed by atoms with van der Waals surface area (Å²) < 4.78 is 16.4. The van der Waals surface area contributed by atoms with Gasteiger partial charge in [0.15, 0.2) is 11.5 Å². The van der Waals surface area contributed by atoms with Crippen LogP contribution in [0.5, 0.6) is 11.5 Å². The van der Waals surface area contributed by atoms with Crippen LogP contribution in [0.4, 0.5) is 0 Å². The number of likely N-dealkylation sites (tertiary alicyclic amines) is 1. The third kappa shape index (κ3) is 4.07. The fraction of sp³-hybridized carbons (Fsp3) is 0.632. The fourth-order valence-electron chi connectivity index (χ4n) is 3.87. The van der Waals surface area contributed by atoms with Crippen LogP contribution in [0.1, 0.15) is 36.0 Å². The Balaban J connectivity index is 1.73. The van der Waals surface area contributed by atoms with Gasteiger partial charge in [-0.05, 0) is 49.3 Å². The summed E-state index contributed by atoms with van der Waals surface area (Å²) in [5.41, 5.74) is 6.35. The lowest BCUT2D eigenvalue weighted by Crippen LogP contribution is -2.48. The number of rotatable bonds is 5. The molecule has 0 saturated carbocycles. The molecular formula is C19H28N2O4. The molecule has 0 aliphatic carbocycles. The standard InChI is InChI=1S/C19H28N2O4/c1-23-17-13-15(3-4-16(17)25-12-8-20)18(22)21-9-2-5-19(14-21)6-10-24-11-7-19/h3-4,13H,2,5-12,14,20H2,1H3. The van der Waals surface area contributed by atoms with Gasteiger partial charge in [0.1, 0.15) is 6.61 Å². The minimum absolute atomic E-state index is 0.0641. The van der Waals surface area contributed by atoms with E-state index < -0.39 is 0 Å². The molecule has 0 bridgehead atoms. The van der Waals surface area contributed by atoms with E-state index in [0.717, 1.165) is 45.6 Å². The molecule has 0 atom stereocenters. The van der Waals surface area contributed by atoms with E-state index in [1.807, 2.05) is 11.0 Å². The van der Waals surface area contributed by atoms with Crippen LogP contribution < -0.4 is 15.2 Å². The maximum absolute atomic E-state index is 13.0. The van der Waals surface area contributed by atoms with Crippen LogP contribution in [-0.4, -0.2) is 57.4 Å². The maximum Gasteiger partial charge on any atom is 0.254 e. The lowest BCUT2D eigenvalue weighted by Gasteiger charge is -2.45. The molecule has 25 heavy (non-hydrogen) atoms. The molecule has 2 fully saturated rings. The van der Waals surface area contributed by atoms with Crippen LogP contribution in [0.25, 0.3) is 0 Å². The van der Waals surface area contributed by atoms with Gasteiger partial charge < -0.3 is 24.8 Å². The number of carbonyl (C=O) groups is 1. The molecule has 0 radical (unpaired) electrons. The van der Waals surface area contributed by atoms with Gasteiger partial charge in [-0.3, -0.25) is 4.79 Å². The van der Waals surface area contributed by atoms with Crippen LogP contribution in [0.2, 0.25) is 0 Å². The smallest absolute Gasteiger partial charge is 0.254 e. The van der Waals surface area contributed by atoms with Gasteiger partial charge >= 0.3 is 0 Å². The number of hydrogen-bond acceptors (Lipinski definition) is 5. The molecule has 1 aromatic rings. The first-order valence-corrected chi connectivity index (χ1v) is 9.05. The van der Waals surface area contributed by atoms with Crippen LogP contribution in [0, 0.1) is 5.41 Å². The van der Waals surface area contributed by atoms with E-state index in [1.54, 1.807) is 19.2 Å². The summed E-state index contributed by atoms with van der Waals surface area (Å²) >= 11 is 0. The van der Waals surface area contributed by atoms with E-state index in [9.17, 15) is 4.79 Å². The molecule has 6 nitrogen and oxygen atoms in total. The molecule has 1 amide bonds. The van der Waals surface area contributed by atoms with Crippen molar-refractivity contribution >= 4 is 5.91 Å². The van der Waals surface area contributed by atoms with Crippen LogP contribution in [-0.2, 0) is 4.74 Å². The second-order valence-corrected chi connectivity index (χ2v) is 6.95. The molecule has 3 rings (SSSR count). The van der Waals surface area contributed by atoms with E-state index in [-0.39, 0.29) is 11.3 Å². The Morgan fingerprint density at radius 1 is 1.28 bits per heavy atom. The van der Waals surface area contributed by atoms with Crippen molar-refractivity contribution in [1.82, 2.24) is 4.90 Å². The van der Waals surface area contributed by atoms with Crippen molar-refractivity contribution in [2.24, 2.45) is 11.1 Å². The Morgan fingerprint density at radius 3 is 2.80 bits per heavy atom. The molecule has 138 valence electrons. The Morgan fingerprint density at radius 2 is 2.08 bits per heavy atom. The summed E-state index contributed by atoms with van der Waals surface area (Å²) in [6, 6.07) is 5.36. The number of ether oxygens (including phenoxy) is 3. The van der Waals surface area contributed by atoms with Gasteiger partial charge in [0.25, 0.3) is 5.91 Å². The number of methoxy groups -OCH3 is 1. The zero-order valence-corrected chi connectivity index (χ0v) is 15.0. The highest BCUT2D eigenvalue weighted by Gasteiger charge is 2.38. The first-order chi connectivity index (χ1) is 12.2. The lowest BCUT2D eigenvalue weighted by molar-refractivity contribution is -0.0229. The summed E-state index contributed by atoms with van der Waals surface area (Å²) in [5, 5.41) is 0. The predicted molar refractivity (Wildman–Crippen MR) is 95.2 cm³/mol. The normalized spacial score (nSPS) is 19.7. The van der Waals surface area contributed by atoms with Gasteiger partial charge in [-0.2, -0.15) is 0 Å². The van der Waals surface area contributed by atoms with E-state index in [2.05, 4.69) is 0 Å². The summed E-state index contributed by atoms with van der Waals surface area (Å²) in [5.74, 6) is 1.25. The quantitative estimate of drug-likeness (QED) is 0.882. The SMILES string of the molecule is COc1cc(C(=O)N2CCCC3(CCOCC3)C2)ccc1OCCN. The number of amides is 1. The summed E-state index contributed by atoms with van der Waals surface area (Å²) in [6.45, 7) is 4.11. The number of nitrogens with zero attached hydrogens (tertiary/aromatic N) is 1. The second-order valence-electron chi connectivity index (χ2n) is 6.95. The van der Waals surface area contributed by atoms with E-state index in [1.165, 1.54) is 6.42 Å². The van der Waals surface area contributed by atoms with Crippen molar-refractivity contribution in [3.05, 3.63) is 23.8 Å². The molecular weight excluding hydrogens is 320 g/mol. The van der Waals surface area contributed by atoms with Crippen molar-refractivity contribution in [2.75, 3.05) is 46.6 Å². The van der Waals surface area contributed by atoms with Crippen LogP contribution in [0.3, 0.4) is 0 Å². The highest BCUT2D eigenvalue weighted by atomic mass is 16.5. The van der Waals surface area contributed by atoms with Gasteiger partial charge in [-0.25, -0.2) is 0 Å². The topological polar surface area (TPSA) is 74.0 Å². The van der Waals surface area contributed by atoms with Gasteiger partial charge in [0.2, 0.25) is 0 Å². The van der Waals surface area contributed by atoms with E-state index in [4.69, 9.17) is 19.9 Å². The Kier molecular flexibility index (Phi) is 5.81. The van der Waals surface area contributed by atoms with E-state index in [0.29, 0.717) is 30.2 Å². The molecule has 1 aromatic carbocycles. The first kappa shape index (κ1) is 18.0. The van der Waals surface area contributed by atoms with Crippen molar-refractivity contribution < 1.29 is 19.0 Å². The third-order valence-electron chi connectivity index (χ3n) is 5.29. The monoisotopic (exact) mass is 348 g/mol. The summed E-state index contributed by atoms with van der Waals surface area (Å²) in [6.07, 6.45) is 4.34. The van der Waals surface area contributed by atoms with Crippen molar-refractivity contribution in [3.8, 4) is 11.5 Å². The molecule has 2 aliphatic heterocycles. The minimum atomic E-state index is 0.0641. The maximum atomic E-state index is 13.0. The highest BCUT2D eigenvalue weighted by molar-refractivity contribution is 5.95. The third-order valence-corrected chi connectivity index (χ3v) is 5.29. The average Bonchev–Trinajstić information content (AvgIpc) is 2.66. The largest absolute Gasteiger partial charge is 0.493 e.